The van der Waals surface area contributed by atoms with Crippen LogP contribution in [0.1, 0.15) is 39.2 Å². The van der Waals surface area contributed by atoms with Gasteiger partial charge in [-0.15, -0.1) is 0 Å². The molecule has 0 amide bonds. The Labute approximate surface area is 115 Å². The number of rotatable bonds is 4. The van der Waals surface area contributed by atoms with E-state index < -0.39 is 22.4 Å². The second-order valence-electron chi connectivity index (χ2n) is 5.54. The van der Waals surface area contributed by atoms with E-state index in [1.807, 2.05) is 20.8 Å². The highest BCUT2D eigenvalue weighted by Gasteiger charge is 2.24. The van der Waals surface area contributed by atoms with Gasteiger partial charge in [-0.25, -0.2) is 8.78 Å². The lowest BCUT2D eigenvalue weighted by Gasteiger charge is -2.22. The highest BCUT2D eigenvalue weighted by Crippen LogP contribution is 2.32. The molecule has 0 N–H and O–H groups in total. The van der Waals surface area contributed by atoms with Gasteiger partial charge in [-0.1, -0.05) is 6.92 Å². The van der Waals surface area contributed by atoms with Crippen LogP contribution in [0.3, 0.4) is 0 Å². The first-order valence-corrected chi connectivity index (χ1v) is 7.40. The summed E-state index contributed by atoms with van der Waals surface area (Å²) in [5, 5.41) is 0. The third-order valence-electron chi connectivity index (χ3n) is 2.86. The molecule has 0 heterocycles. The van der Waals surface area contributed by atoms with Gasteiger partial charge < -0.3 is 4.74 Å². The molecule has 0 saturated carbocycles. The smallest absolute Gasteiger partial charge is 0.168 e. The van der Waals surface area contributed by atoms with Crippen molar-refractivity contribution in [2.75, 3.05) is 12.9 Å². The molecule has 0 aliphatic rings. The van der Waals surface area contributed by atoms with E-state index in [1.54, 1.807) is 6.92 Å². The van der Waals surface area contributed by atoms with Crippen molar-refractivity contribution in [1.29, 1.82) is 0 Å². The maximum Gasteiger partial charge on any atom is 0.168 e. The van der Waals surface area contributed by atoms with Gasteiger partial charge in [0.25, 0.3) is 0 Å². The zero-order valence-electron chi connectivity index (χ0n) is 11.9. The Kier molecular flexibility index (Phi) is 5.07. The summed E-state index contributed by atoms with van der Waals surface area (Å²) in [4.78, 5) is 0. The van der Waals surface area contributed by atoms with Crippen LogP contribution in [0.15, 0.2) is 12.1 Å². The van der Waals surface area contributed by atoms with Crippen molar-refractivity contribution >= 4 is 10.8 Å². The highest BCUT2D eigenvalue weighted by molar-refractivity contribution is 7.86. The summed E-state index contributed by atoms with van der Waals surface area (Å²) >= 11 is 0. The number of hydrogen-bond donors (Lipinski definition) is 0. The molecule has 0 aliphatic heterocycles. The van der Waals surface area contributed by atoms with E-state index >= 15 is 0 Å². The Morgan fingerprint density at radius 2 is 1.89 bits per heavy atom. The molecule has 108 valence electrons. The van der Waals surface area contributed by atoms with Gasteiger partial charge >= 0.3 is 0 Å². The topological polar surface area (TPSA) is 26.3 Å². The van der Waals surface area contributed by atoms with E-state index in [-0.39, 0.29) is 16.4 Å². The molecule has 0 aromatic heterocycles. The molecular weight excluding hydrogens is 270 g/mol. The highest BCUT2D eigenvalue weighted by atomic mass is 32.2. The summed E-state index contributed by atoms with van der Waals surface area (Å²) in [6.07, 6.45) is 0. The molecular formula is C14H20F2O2S. The Morgan fingerprint density at radius 3 is 2.37 bits per heavy atom. The zero-order valence-corrected chi connectivity index (χ0v) is 12.7. The second-order valence-corrected chi connectivity index (χ2v) is 7.78. The van der Waals surface area contributed by atoms with E-state index in [4.69, 9.17) is 4.74 Å². The number of halogens is 2. The average Bonchev–Trinajstić information content (AvgIpc) is 2.26. The summed E-state index contributed by atoms with van der Waals surface area (Å²) in [5.41, 5.74) is 0.414. The maximum absolute atomic E-state index is 13.6. The van der Waals surface area contributed by atoms with E-state index in [2.05, 4.69) is 0 Å². The zero-order chi connectivity index (χ0) is 14.8. The fourth-order valence-electron chi connectivity index (χ4n) is 1.73. The van der Waals surface area contributed by atoms with Crippen LogP contribution in [0.25, 0.3) is 0 Å². The molecule has 1 aromatic rings. The first-order chi connectivity index (χ1) is 8.66. The van der Waals surface area contributed by atoms with Crippen molar-refractivity contribution in [2.45, 2.75) is 38.4 Å². The minimum atomic E-state index is -1.09. The largest absolute Gasteiger partial charge is 0.493 e. The van der Waals surface area contributed by atoms with Crippen molar-refractivity contribution in [3.8, 4) is 5.75 Å². The van der Waals surface area contributed by atoms with Crippen LogP contribution in [0.4, 0.5) is 8.78 Å². The van der Waals surface area contributed by atoms with Crippen LogP contribution in [0.5, 0.6) is 5.75 Å². The second kappa shape index (κ2) is 5.99. The summed E-state index contributed by atoms with van der Waals surface area (Å²) in [6, 6.07) is 2.03. The van der Waals surface area contributed by atoms with Gasteiger partial charge in [-0.05, 0) is 32.8 Å². The van der Waals surface area contributed by atoms with Crippen LogP contribution in [-0.4, -0.2) is 21.8 Å². The van der Waals surface area contributed by atoms with Gasteiger partial charge in [0, 0.05) is 32.9 Å². The normalized spacial score (nSPS) is 15.1. The summed E-state index contributed by atoms with van der Waals surface area (Å²) in [7, 11) is 0.249. The van der Waals surface area contributed by atoms with Crippen LogP contribution in [-0.2, 0) is 10.8 Å². The van der Waals surface area contributed by atoms with E-state index in [0.29, 0.717) is 11.3 Å². The van der Waals surface area contributed by atoms with Gasteiger partial charge in [0.05, 0.1) is 7.11 Å². The predicted molar refractivity (Wildman–Crippen MR) is 74.1 cm³/mol. The van der Waals surface area contributed by atoms with Crippen molar-refractivity contribution < 1.29 is 17.7 Å². The van der Waals surface area contributed by atoms with Crippen LogP contribution >= 0.6 is 0 Å². The number of hydrogen-bond acceptors (Lipinski definition) is 2. The van der Waals surface area contributed by atoms with E-state index in [9.17, 15) is 13.0 Å². The fourth-order valence-corrected chi connectivity index (χ4v) is 2.86. The van der Waals surface area contributed by atoms with Crippen molar-refractivity contribution in [1.82, 2.24) is 0 Å². The Morgan fingerprint density at radius 1 is 1.32 bits per heavy atom. The molecule has 2 atom stereocenters. The van der Waals surface area contributed by atoms with Crippen molar-refractivity contribution in [3.05, 3.63) is 29.3 Å². The molecule has 0 saturated heterocycles. The van der Waals surface area contributed by atoms with Crippen LogP contribution < -0.4 is 4.74 Å². The van der Waals surface area contributed by atoms with Gasteiger partial charge in [-0.2, -0.15) is 0 Å². The molecule has 19 heavy (non-hydrogen) atoms. The first kappa shape index (κ1) is 16.1. The third kappa shape index (κ3) is 4.00. The lowest BCUT2D eigenvalue weighted by Crippen LogP contribution is -2.26. The predicted octanol–water partition coefficient (Wildman–Crippen LogP) is 3.62. The molecule has 0 bridgehead atoms. The lowest BCUT2D eigenvalue weighted by atomic mass is 10.0. The summed E-state index contributed by atoms with van der Waals surface area (Å²) in [5.74, 6) is -1.27. The molecule has 2 nitrogen and oxygen atoms in total. The summed E-state index contributed by atoms with van der Waals surface area (Å²) < 4.78 is 43.6. The monoisotopic (exact) mass is 290 g/mol. The number of benzene rings is 1. The SMILES string of the molecule is COc1c(F)cc(F)cc1[C@@H](C)C[S@](=O)C(C)(C)C. The molecule has 0 aliphatic carbocycles. The lowest BCUT2D eigenvalue weighted by molar-refractivity contribution is 0.376. The summed E-state index contributed by atoms with van der Waals surface area (Å²) in [6.45, 7) is 7.41. The number of ether oxygens (including phenoxy) is 1. The molecule has 0 unspecified atom stereocenters. The molecule has 1 aromatic carbocycles. The molecule has 1 rings (SSSR count). The van der Waals surface area contributed by atoms with E-state index in [0.717, 1.165) is 6.07 Å². The average molecular weight is 290 g/mol. The van der Waals surface area contributed by atoms with Crippen molar-refractivity contribution in [2.24, 2.45) is 0 Å². The Balaban J connectivity index is 3.06. The van der Waals surface area contributed by atoms with Crippen molar-refractivity contribution in [3.63, 3.8) is 0 Å². The van der Waals surface area contributed by atoms with E-state index in [1.165, 1.54) is 13.2 Å². The molecule has 0 spiro atoms. The van der Waals surface area contributed by atoms with Crippen LogP contribution in [0, 0.1) is 11.6 Å². The minimum absolute atomic E-state index is 0.0276. The molecule has 5 heteroatoms. The first-order valence-electron chi connectivity index (χ1n) is 6.08. The molecule has 0 radical (unpaired) electrons. The van der Waals surface area contributed by atoms with Gasteiger partial charge in [0.2, 0.25) is 0 Å². The number of methoxy groups -OCH3 is 1. The van der Waals surface area contributed by atoms with Gasteiger partial charge in [0.15, 0.2) is 11.6 Å². The van der Waals surface area contributed by atoms with Gasteiger partial charge in [-0.3, -0.25) is 4.21 Å². The standard InChI is InChI=1S/C14H20F2O2S/c1-9(8-19(17)14(2,3)4)11-6-10(15)7-12(16)13(11)18-5/h6-7,9H,8H2,1-5H3/t9-,19-/m0/s1. The third-order valence-corrected chi connectivity index (χ3v) is 5.03. The quantitative estimate of drug-likeness (QED) is 0.846. The molecule has 0 fully saturated rings. The Hall–Kier alpha value is -0.970. The Bertz CT molecular complexity index is 481. The van der Waals surface area contributed by atoms with Crippen LogP contribution in [0.2, 0.25) is 0 Å². The van der Waals surface area contributed by atoms with Gasteiger partial charge in [0.1, 0.15) is 5.82 Å². The minimum Gasteiger partial charge on any atom is -0.493 e. The fraction of sp³-hybridized carbons (Fsp3) is 0.571. The maximum atomic E-state index is 13.6.